The van der Waals surface area contributed by atoms with Crippen LogP contribution in [0.4, 0.5) is 18.9 Å². The number of ether oxygens (including phenoxy) is 3. The van der Waals surface area contributed by atoms with Crippen LogP contribution in [0.25, 0.3) is 0 Å². The predicted molar refractivity (Wildman–Crippen MR) is 116 cm³/mol. The Bertz CT molecular complexity index is 1210. The van der Waals surface area contributed by atoms with Crippen LogP contribution in [-0.2, 0) is 17.5 Å². The van der Waals surface area contributed by atoms with Crippen LogP contribution in [0.15, 0.2) is 66.7 Å². The number of alkyl halides is 3. The highest BCUT2D eigenvalue weighted by Crippen LogP contribution is 2.36. The minimum atomic E-state index is -4.62. The number of amides is 2. The Hall–Kier alpha value is -4.21. The molecular formula is C24H19F3N2O5. The number of halogens is 3. The Labute approximate surface area is 192 Å². The molecule has 0 saturated heterocycles. The van der Waals surface area contributed by atoms with E-state index >= 15 is 0 Å². The predicted octanol–water partition coefficient (Wildman–Crippen LogP) is 4.38. The van der Waals surface area contributed by atoms with E-state index in [2.05, 4.69) is 10.6 Å². The van der Waals surface area contributed by atoms with Crippen molar-refractivity contribution >= 4 is 17.5 Å². The molecule has 1 aliphatic rings. The summed E-state index contributed by atoms with van der Waals surface area (Å²) in [5, 5.41) is 5.27. The quantitative estimate of drug-likeness (QED) is 0.533. The first-order valence-corrected chi connectivity index (χ1v) is 10.2. The molecule has 7 nitrogen and oxygen atoms in total. The largest absolute Gasteiger partial charge is 0.483 e. The highest BCUT2D eigenvalue weighted by molar-refractivity contribution is 6.04. The van der Waals surface area contributed by atoms with Crippen LogP contribution in [0.1, 0.15) is 21.5 Å². The Morgan fingerprint density at radius 1 is 0.941 bits per heavy atom. The van der Waals surface area contributed by atoms with Gasteiger partial charge in [-0.15, -0.1) is 0 Å². The number of rotatable bonds is 7. The van der Waals surface area contributed by atoms with Crippen molar-refractivity contribution in [1.29, 1.82) is 0 Å². The van der Waals surface area contributed by atoms with Crippen molar-refractivity contribution in [1.82, 2.24) is 5.32 Å². The summed E-state index contributed by atoms with van der Waals surface area (Å²) in [6.07, 6.45) is -4.62. The average molecular weight is 472 g/mol. The summed E-state index contributed by atoms with van der Waals surface area (Å²) in [7, 11) is 0. The van der Waals surface area contributed by atoms with E-state index in [1.54, 1.807) is 30.3 Å². The SMILES string of the molecule is O=C(COc1ccccc1C(F)(F)F)Nc1ccccc1C(=O)NCc1ccc2c(c1)OCO2. The third-order valence-corrected chi connectivity index (χ3v) is 4.89. The first-order valence-electron chi connectivity index (χ1n) is 10.2. The summed E-state index contributed by atoms with van der Waals surface area (Å²) in [5.74, 6) is -0.403. The normalized spacial score (nSPS) is 12.2. The number of hydrogen-bond acceptors (Lipinski definition) is 5. The van der Waals surface area contributed by atoms with E-state index in [1.807, 2.05) is 0 Å². The van der Waals surface area contributed by atoms with E-state index < -0.39 is 35.9 Å². The van der Waals surface area contributed by atoms with Gasteiger partial charge >= 0.3 is 6.18 Å². The van der Waals surface area contributed by atoms with E-state index in [0.29, 0.717) is 11.5 Å². The van der Waals surface area contributed by atoms with Gasteiger partial charge in [0, 0.05) is 6.54 Å². The van der Waals surface area contributed by atoms with Crippen molar-refractivity contribution in [2.24, 2.45) is 0 Å². The molecule has 1 heterocycles. The molecule has 0 aromatic heterocycles. The van der Waals surface area contributed by atoms with Gasteiger partial charge in [-0.3, -0.25) is 9.59 Å². The summed E-state index contributed by atoms with van der Waals surface area (Å²) >= 11 is 0. The highest BCUT2D eigenvalue weighted by atomic mass is 19.4. The van der Waals surface area contributed by atoms with Crippen LogP contribution < -0.4 is 24.8 Å². The van der Waals surface area contributed by atoms with Crippen molar-refractivity contribution in [2.45, 2.75) is 12.7 Å². The maximum atomic E-state index is 13.1. The fourth-order valence-corrected chi connectivity index (χ4v) is 3.27. The van der Waals surface area contributed by atoms with Crippen molar-refractivity contribution in [3.05, 3.63) is 83.4 Å². The lowest BCUT2D eigenvalue weighted by Crippen LogP contribution is -2.26. The number of carbonyl (C=O) groups excluding carboxylic acids is 2. The highest BCUT2D eigenvalue weighted by Gasteiger charge is 2.34. The van der Waals surface area contributed by atoms with Crippen LogP contribution in [-0.4, -0.2) is 25.2 Å². The molecule has 0 spiro atoms. The molecule has 0 unspecified atom stereocenters. The van der Waals surface area contributed by atoms with Crippen LogP contribution in [0.3, 0.4) is 0 Å². The van der Waals surface area contributed by atoms with E-state index in [4.69, 9.17) is 14.2 Å². The molecule has 0 aliphatic carbocycles. The molecule has 3 aromatic carbocycles. The standard InChI is InChI=1S/C24H19F3N2O5/c25-24(26,27)17-6-2-4-8-19(17)32-13-22(30)29-18-7-3-1-5-16(18)23(31)28-12-15-9-10-20-21(11-15)34-14-33-20/h1-11H,12-14H2,(H,28,31)(H,29,30). The van der Waals surface area contributed by atoms with Crippen LogP contribution >= 0.6 is 0 Å². The second kappa shape index (κ2) is 9.74. The van der Waals surface area contributed by atoms with Gasteiger partial charge in [-0.2, -0.15) is 13.2 Å². The first-order chi connectivity index (χ1) is 16.3. The minimum absolute atomic E-state index is 0.143. The molecule has 0 bridgehead atoms. The monoisotopic (exact) mass is 472 g/mol. The van der Waals surface area contributed by atoms with Crippen LogP contribution in [0.2, 0.25) is 0 Å². The van der Waals surface area contributed by atoms with Gasteiger partial charge in [-0.05, 0) is 42.0 Å². The third-order valence-electron chi connectivity index (χ3n) is 4.89. The van der Waals surface area contributed by atoms with Gasteiger partial charge in [0.2, 0.25) is 6.79 Å². The van der Waals surface area contributed by atoms with Gasteiger partial charge < -0.3 is 24.8 Å². The van der Waals surface area contributed by atoms with E-state index in [1.165, 1.54) is 24.3 Å². The van der Waals surface area contributed by atoms with Gasteiger partial charge in [0.15, 0.2) is 18.1 Å². The Kier molecular flexibility index (Phi) is 6.58. The van der Waals surface area contributed by atoms with Gasteiger partial charge in [-0.25, -0.2) is 0 Å². The number of benzene rings is 3. The summed E-state index contributed by atoms with van der Waals surface area (Å²) in [6, 6.07) is 16.2. The summed E-state index contributed by atoms with van der Waals surface area (Å²) < 4.78 is 54.9. The molecule has 2 amide bonds. The molecule has 176 valence electrons. The van der Waals surface area contributed by atoms with Gasteiger partial charge in [0.1, 0.15) is 5.75 Å². The van der Waals surface area contributed by atoms with Crippen LogP contribution in [0, 0.1) is 0 Å². The van der Waals surface area contributed by atoms with Crippen molar-refractivity contribution in [3.63, 3.8) is 0 Å². The lowest BCUT2D eigenvalue weighted by atomic mass is 10.1. The number of para-hydroxylation sites is 2. The second-order valence-corrected chi connectivity index (χ2v) is 7.25. The zero-order valence-corrected chi connectivity index (χ0v) is 17.6. The van der Waals surface area contributed by atoms with Crippen molar-refractivity contribution < 1.29 is 37.0 Å². The lowest BCUT2D eigenvalue weighted by molar-refractivity contribution is -0.139. The number of hydrogen-bond donors (Lipinski definition) is 2. The summed E-state index contributed by atoms with van der Waals surface area (Å²) in [5.41, 5.74) is 0.192. The fourth-order valence-electron chi connectivity index (χ4n) is 3.27. The van der Waals surface area contributed by atoms with Crippen molar-refractivity contribution in [3.8, 4) is 17.2 Å². The maximum absolute atomic E-state index is 13.1. The number of nitrogens with one attached hydrogen (secondary N) is 2. The van der Waals surface area contributed by atoms with Gasteiger partial charge in [0.05, 0.1) is 16.8 Å². The molecule has 10 heteroatoms. The topological polar surface area (TPSA) is 85.9 Å². The zero-order chi connectivity index (χ0) is 24.1. The molecule has 0 saturated carbocycles. The van der Waals surface area contributed by atoms with Gasteiger partial charge in [-0.1, -0.05) is 30.3 Å². The van der Waals surface area contributed by atoms with Crippen LogP contribution in [0.5, 0.6) is 17.2 Å². The lowest BCUT2D eigenvalue weighted by Gasteiger charge is -2.14. The number of anilines is 1. The molecule has 34 heavy (non-hydrogen) atoms. The number of fused-ring (bicyclic) bond motifs is 1. The molecule has 4 rings (SSSR count). The molecule has 0 radical (unpaired) electrons. The molecule has 2 N–H and O–H groups in total. The minimum Gasteiger partial charge on any atom is -0.483 e. The Balaban J connectivity index is 1.37. The molecule has 3 aromatic rings. The van der Waals surface area contributed by atoms with Gasteiger partial charge in [0.25, 0.3) is 11.8 Å². The van der Waals surface area contributed by atoms with E-state index in [9.17, 15) is 22.8 Å². The summed E-state index contributed by atoms with van der Waals surface area (Å²) in [4.78, 5) is 25.0. The molecule has 0 atom stereocenters. The average Bonchev–Trinajstić information content (AvgIpc) is 3.29. The number of carbonyl (C=O) groups is 2. The molecule has 1 aliphatic heterocycles. The molecule has 0 fully saturated rings. The Morgan fingerprint density at radius 2 is 1.68 bits per heavy atom. The smallest absolute Gasteiger partial charge is 0.419 e. The van der Waals surface area contributed by atoms with E-state index in [-0.39, 0.29) is 24.6 Å². The third kappa shape index (κ3) is 5.40. The maximum Gasteiger partial charge on any atom is 0.419 e. The first kappa shape index (κ1) is 23.0. The van der Waals surface area contributed by atoms with Crippen molar-refractivity contribution in [2.75, 3.05) is 18.7 Å². The Morgan fingerprint density at radius 3 is 2.50 bits per heavy atom. The fraction of sp³-hybridized carbons (Fsp3) is 0.167. The molecular weight excluding hydrogens is 453 g/mol. The van der Waals surface area contributed by atoms with E-state index in [0.717, 1.165) is 17.7 Å². The second-order valence-electron chi connectivity index (χ2n) is 7.25. The zero-order valence-electron chi connectivity index (χ0n) is 17.6. The summed E-state index contributed by atoms with van der Waals surface area (Å²) in [6.45, 7) is -0.320.